The molecule has 5 nitrogen and oxygen atoms in total. The molecule has 1 heterocycles. The molecule has 0 unspecified atom stereocenters. The van der Waals surface area contributed by atoms with Crippen LogP contribution in [0.25, 0.3) is 6.08 Å². The smallest absolute Gasteiger partial charge is 0.263 e. The van der Waals surface area contributed by atoms with Crippen molar-refractivity contribution < 1.29 is 14.3 Å². The molecular weight excluding hydrogens is 448 g/mol. The normalized spacial score (nSPS) is 14.7. The van der Waals surface area contributed by atoms with Crippen LogP contribution in [0, 0.1) is 11.3 Å². The molecule has 0 atom stereocenters. The summed E-state index contributed by atoms with van der Waals surface area (Å²) in [4.78, 5) is 12.4. The number of carbonyl (C=O) groups is 1. The topological polar surface area (TPSA) is 71.3 Å². The third kappa shape index (κ3) is 5.32. The number of nitrogens with zero attached hydrogens (tertiary/aromatic N) is 1. The highest BCUT2D eigenvalue weighted by Crippen LogP contribution is 2.31. The summed E-state index contributed by atoms with van der Waals surface area (Å²) in [5.41, 5.74) is 1.35. The first kappa shape index (κ1) is 19.4. The number of hydrogen-bond donors (Lipinski definition) is 1. The molecule has 0 aliphatic carbocycles. The number of ether oxygens (including phenoxy) is 2. The van der Waals surface area contributed by atoms with Gasteiger partial charge in [0.15, 0.2) is 0 Å². The number of thioether (sulfide) groups is 1. The van der Waals surface area contributed by atoms with Crippen LogP contribution in [0.2, 0.25) is 0 Å². The Balaban J connectivity index is 1.63. The molecular formula is C19H13BrN2O3S2. The quantitative estimate of drug-likeness (QED) is 0.394. The van der Waals surface area contributed by atoms with Crippen LogP contribution in [-0.2, 0) is 4.79 Å². The number of amides is 1. The lowest BCUT2D eigenvalue weighted by atomic mass is 10.2. The third-order valence-corrected chi connectivity index (χ3v) is 5.15. The molecule has 0 spiro atoms. The van der Waals surface area contributed by atoms with Crippen LogP contribution in [0.15, 0.2) is 51.8 Å². The maximum Gasteiger partial charge on any atom is 0.263 e. The van der Waals surface area contributed by atoms with E-state index >= 15 is 0 Å². The molecule has 1 N–H and O–H groups in total. The van der Waals surface area contributed by atoms with Gasteiger partial charge in [-0.25, -0.2) is 0 Å². The summed E-state index contributed by atoms with van der Waals surface area (Å²) in [6, 6.07) is 14.5. The number of thiocarbonyl (C=S) groups is 1. The Hall–Kier alpha value is -2.34. The Morgan fingerprint density at radius 3 is 2.59 bits per heavy atom. The van der Waals surface area contributed by atoms with Crippen LogP contribution in [-0.4, -0.2) is 23.4 Å². The summed E-state index contributed by atoms with van der Waals surface area (Å²) in [5.74, 6) is 1.10. The van der Waals surface area contributed by atoms with Gasteiger partial charge in [-0.3, -0.25) is 4.79 Å². The predicted octanol–water partition coefficient (Wildman–Crippen LogP) is 4.27. The van der Waals surface area contributed by atoms with Crippen molar-refractivity contribution in [2.24, 2.45) is 0 Å². The lowest BCUT2D eigenvalue weighted by Crippen LogP contribution is -2.17. The molecule has 136 valence electrons. The largest absolute Gasteiger partial charge is 0.490 e. The molecule has 1 saturated heterocycles. The minimum absolute atomic E-state index is 0.208. The number of halogens is 1. The van der Waals surface area contributed by atoms with Gasteiger partial charge in [0.1, 0.15) is 29.0 Å². The fraction of sp³-hybridized carbons (Fsp3) is 0.105. The highest BCUT2D eigenvalue weighted by molar-refractivity contribution is 9.10. The van der Waals surface area contributed by atoms with E-state index in [1.165, 1.54) is 11.8 Å². The molecule has 2 aromatic carbocycles. The molecule has 1 aliphatic heterocycles. The van der Waals surface area contributed by atoms with E-state index in [2.05, 4.69) is 27.3 Å². The second-order valence-electron chi connectivity index (χ2n) is 5.37. The molecule has 1 fully saturated rings. The minimum Gasteiger partial charge on any atom is -0.490 e. The molecule has 3 rings (SSSR count). The van der Waals surface area contributed by atoms with Crippen molar-refractivity contribution in [3.8, 4) is 17.6 Å². The molecule has 2 aromatic rings. The van der Waals surface area contributed by atoms with E-state index in [-0.39, 0.29) is 5.91 Å². The number of nitriles is 1. The summed E-state index contributed by atoms with van der Waals surface area (Å²) >= 11 is 9.67. The Kier molecular flexibility index (Phi) is 6.50. The number of carbonyl (C=O) groups excluding carboxylic acids is 1. The number of nitrogens with one attached hydrogen (secondary N) is 1. The van der Waals surface area contributed by atoms with Gasteiger partial charge < -0.3 is 14.8 Å². The van der Waals surface area contributed by atoms with Crippen molar-refractivity contribution in [1.82, 2.24) is 5.32 Å². The van der Waals surface area contributed by atoms with E-state index in [1.807, 2.05) is 18.2 Å². The first-order valence-electron chi connectivity index (χ1n) is 7.85. The second-order valence-corrected chi connectivity index (χ2v) is 8.00. The van der Waals surface area contributed by atoms with Crippen molar-refractivity contribution in [3.63, 3.8) is 0 Å². The SMILES string of the molecule is N#Cc1ccc(OCCOc2ccc(Br)cc2/C=C2\SC(=S)NC2=O)cc1. The summed E-state index contributed by atoms with van der Waals surface area (Å²) in [5, 5.41) is 11.4. The fourth-order valence-corrected chi connectivity index (χ4v) is 3.68. The van der Waals surface area contributed by atoms with Gasteiger partial charge in [-0.1, -0.05) is 39.9 Å². The monoisotopic (exact) mass is 460 g/mol. The zero-order valence-electron chi connectivity index (χ0n) is 13.9. The van der Waals surface area contributed by atoms with Crippen molar-refractivity contribution in [1.29, 1.82) is 5.26 Å². The van der Waals surface area contributed by atoms with Gasteiger partial charge in [0.05, 0.1) is 16.5 Å². The number of hydrogen-bond acceptors (Lipinski definition) is 6. The Morgan fingerprint density at radius 2 is 1.93 bits per heavy atom. The average molecular weight is 461 g/mol. The van der Waals surface area contributed by atoms with Gasteiger partial charge in [0, 0.05) is 10.0 Å². The van der Waals surface area contributed by atoms with Crippen molar-refractivity contribution >= 4 is 56.2 Å². The van der Waals surface area contributed by atoms with Crippen molar-refractivity contribution in [3.05, 3.63) is 63.0 Å². The van der Waals surface area contributed by atoms with E-state index < -0.39 is 0 Å². The van der Waals surface area contributed by atoms with E-state index in [4.69, 9.17) is 27.0 Å². The van der Waals surface area contributed by atoms with Gasteiger partial charge in [-0.15, -0.1) is 0 Å². The van der Waals surface area contributed by atoms with Crippen molar-refractivity contribution in [2.75, 3.05) is 13.2 Å². The van der Waals surface area contributed by atoms with Crippen LogP contribution >= 0.6 is 39.9 Å². The third-order valence-electron chi connectivity index (χ3n) is 3.49. The number of rotatable bonds is 6. The van der Waals surface area contributed by atoms with Gasteiger partial charge in [-0.2, -0.15) is 5.26 Å². The van der Waals surface area contributed by atoms with Crippen LogP contribution in [0.1, 0.15) is 11.1 Å². The minimum atomic E-state index is -0.208. The molecule has 0 bridgehead atoms. The fourth-order valence-electron chi connectivity index (χ4n) is 2.26. The molecule has 8 heteroatoms. The van der Waals surface area contributed by atoms with Crippen LogP contribution in [0.3, 0.4) is 0 Å². The Morgan fingerprint density at radius 1 is 1.19 bits per heavy atom. The Labute approximate surface area is 174 Å². The van der Waals surface area contributed by atoms with E-state index in [0.717, 1.165) is 10.0 Å². The second kappa shape index (κ2) is 9.04. The van der Waals surface area contributed by atoms with Crippen LogP contribution in [0.4, 0.5) is 0 Å². The maximum absolute atomic E-state index is 11.9. The van der Waals surface area contributed by atoms with Gasteiger partial charge >= 0.3 is 0 Å². The lowest BCUT2D eigenvalue weighted by Gasteiger charge is -2.11. The summed E-state index contributed by atoms with van der Waals surface area (Å²) < 4.78 is 12.7. The number of benzene rings is 2. The molecule has 0 aromatic heterocycles. The van der Waals surface area contributed by atoms with Crippen LogP contribution < -0.4 is 14.8 Å². The van der Waals surface area contributed by atoms with E-state index in [1.54, 1.807) is 30.3 Å². The Bertz CT molecular complexity index is 952. The van der Waals surface area contributed by atoms with Crippen molar-refractivity contribution in [2.45, 2.75) is 0 Å². The summed E-state index contributed by atoms with van der Waals surface area (Å²) in [6.07, 6.45) is 1.75. The molecule has 0 saturated carbocycles. The first-order chi connectivity index (χ1) is 13.0. The predicted molar refractivity (Wildman–Crippen MR) is 113 cm³/mol. The summed E-state index contributed by atoms with van der Waals surface area (Å²) in [6.45, 7) is 0.673. The molecule has 1 aliphatic rings. The highest BCUT2D eigenvalue weighted by atomic mass is 79.9. The zero-order chi connectivity index (χ0) is 19.2. The van der Waals surface area contributed by atoms with Gasteiger partial charge in [-0.05, 0) is 48.5 Å². The molecule has 27 heavy (non-hydrogen) atoms. The van der Waals surface area contributed by atoms with E-state index in [0.29, 0.717) is 39.5 Å². The van der Waals surface area contributed by atoms with Crippen LogP contribution in [0.5, 0.6) is 11.5 Å². The van der Waals surface area contributed by atoms with E-state index in [9.17, 15) is 4.79 Å². The lowest BCUT2D eigenvalue weighted by molar-refractivity contribution is -0.115. The molecule has 0 radical (unpaired) electrons. The highest BCUT2D eigenvalue weighted by Gasteiger charge is 2.22. The van der Waals surface area contributed by atoms with Gasteiger partial charge in [0.2, 0.25) is 0 Å². The summed E-state index contributed by atoms with van der Waals surface area (Å²) in [7, 11) is 0. The first-order valence-corrected chi connectivity index (χ1v) is 9.87. The average Bonchev–Trinajstić information content (AvgIpc) is 2.97. The zero-order valence-corrected chi connectivity index (χ0v) is 17.1. The maximum atomic E-state index is 11.9. The van der Waals surface area contributed by atoms with Gasteiger partial charge in [0.25, 0.3) is 5.91 Å². The standard InChI is InChI=1S/C19H13BrN2O3S2/c20-14-3-6-16(13(9-14)10-17-18(23)22-19(26)27-17)25-8-7-24-15-4-1-12(11-21)2-5-15/h1-6,9-10H,7-8H2,(H,22,23,26)/b17-10-. The molecule has 1 amide bonds.